The summed E-state index contributed by atoms with van der Waals surface area (Å²) in [6.07, 6.45) is 6.25. The van der Waals surface area contributed by atoms with Gasteiger partial charge in [0.25, 0.3) is 0 Å². The van der Waals surface area contributed by atoms with Gasteiger partial charge in [-0.25, -0.2) is 0 Å². The van der Waals surface area contributed by atoms with Crippen LogP contribution in [0.3, 0.4) is 0 Å². The highest BCUT2D eigenvalue weighted by Gasteiger charge is 2.27. The second-order valence-corrected chi connectivity index (χ2v) is 4.16. The predicted octanol–water partition coefficient (Wildman–Crippen LogP) is 3.67. The monoisotopic (exact) mass is 221 g/mol. The minimum absolute atomic E-state index is 0.00222. The molecule has 5 heteroatoms. The Bertz CT molecular complexity index is 207. The number of hydrogen-bond donors (Lipinski definition) is 0. The maximum Gasteiger partial charge on any atom is 0.507 e. The van der Waals surface area contributed by atoms with Gasteiger partial charge in [0.1, 0.15) is 0 Å². The molecule has 15 heavy (non-hydrogen) atoms. The number of ether oxygens (including phenoxy) is 1. The second kappa shape index (κ2) is 5.59. The Hall–Kier alpha value is -0.445. The van der Waals surface area contributed by atoms with Crippen molar-refractivity contribution in [1.82, 2.24) is 0 Å². The molecule has 0 aliphatic heterocycles. The third kappa shape index (κ3) is 4.73. The highest BCUT2D eigenvalue weighted by atomic mass is 19.4. The van der Waals surface area contributed by atoms with E-state index in [2.05, 4.69) is 6.58 Å². The van der Waals surface area contributed by atoms with E-state index in [1.165, 1.54) is 12.8 Å². The molecule has 0 N–H and O–H groups in total. The highest BCUT2D eigenvalue weighted by Crippen LogP contribution is 2.23. The lowest BCUT2D eigenvalue weighted by molar-refractivity contribution is 0.0598. The average molecular weight is 221 g/mol. The first-order valence-electron chi connectivity index (χ1n) is 5.49. The summed E-state index contributed by atoms with van der Waals surface area (Å²) in [5.74, 6) is 0. The van der Waals surface area contributed by atoms with Crippen molar-refractivity contribution in [1.29, 1.82) is 0 Å². The summed E-state index contributed by atoms with van der Waals surface area (Å²) in [5.41, 5.74) is -0.723. The Morgan fingerprint density at radius 2 is 1.67 bits per heavy atom. The lowest BCUT2D eigenvalue weighted by Crippen LogP contribution is -2.24. The van der Waals surface area contributed by atoms with Gasteiger partial charge in [0.05, 0.1) is 6.10 Å². The van der Waals surface area contributed by atoms with Gasteiger partial charge in [-0.05, 0) is 12.8 Å². The molecule has 0 saturated heterocycles. The molecule has 0 aromatic carbocycles. The van der Waals surface area contributed by atoms with E-state index in [9.17, 15) is 12.9 Å². The smallest absolute Gasteiger partial charge is 0.445 e. The summed E-state index contributed by atoms with van der Waals surface area (Å²) in [7, 11) is 0. The van der Waals surface area contributed by atoms with Crippen LogP contribution in [0.4, 0.5) is 12.9 Å². The van der Waals surface area contributed by atoms with E-state index >= 15 is 0 Å². The van der Waals surface area contributed by atoms with Gasteiger partial charge < -0.3 is 17.7 Å². The molecule has 1 fully saturated rings. The van der Waals surface area contributed by atoms with Gasteiger partial charge in [0.2, 0.25) is 0 Å². The minimum Gasteiger partial charge on any atom is -0.445 e. The van der Waals surface area contributed by atoms with Gasteiger partial charge in [0, 0.05) is 6.61 Å². The molecule has 0 aromatic rings. The van der Waals surface area contributed by atoms with Gasteiger partial charge >= 0.3 is 6.98 Å². The lowest BCUT2D eigenvalue weighted by atomic mass is 9.81. The maximum absolute atomic E-state index is 12.2. The molecular formula is C10H17BF3O-. The van der Waals surface area contributed by atoms with Crippen molar-refractivity contribution in [2.24, 2.45) is 0 Å². The second-order valence-electron chi connectivity index (χ2n) is 4.16. The van der Waals surface area contributed by atoms with Gasteiger partial charge in [-0.15, -0.1) is 12.1 Å². The number of halogens is 3. The molecule has 88 valence electrons. The van der Waals surface area contributed by atoms with E-state index in [0.717, 1.165) is 25.7 Å². The van der Waals surface area contributed by atoms with E-state index in [0.29, 0.717) is 0 Å². The van der Waals surface area contributed by atoms with Crippen LogP contribution in [0.1, 0.15) is 38.5 Å². The minimum atomic E-state index is -4.93. The first-order valence-corrected chi connectivity index (χ1v) is 5.49. The quantitative estimate of drug-likeness (QED) is 0.519. The van der Waals surface area contributed by atoms with Crippen LogP contribution in [0.2, 0.25) is 0 Å². The largest absolute Gasteiger partial charge is 0.507 e. The Morgan fingerprint density at radius 3 is 2.13 bits per heavy atom. The van der Waals surface area contributed by atoms with E-state index < -0.39 is 12.4 Å². The van der Waals surface area contributed by atoms with Gasteiger partial charge in [0.15, 0.2) is 0 Å². The first-order chi connectivity index (χ1) is 7.00. The van der Waals surface area contributed by atoms with E-state index in [1.807, 2.05) is 0 Å². The molecule has 0 spiro atoms. The summed E-state index contributed by atoms with van der Waals surface area (Å²) in [6, 6.07) is 0. The molecule has 0 radical (unpaired) electrons. The summed E-state index contributed by atoms with van der Waals surface area (Å²) < 4.78 is 41.7. The van der Waals surface area contributed by atoms with Crippen molar-refractivity contribution in [3.8, 4) is 0 Å². The predicted molar refractivity (Wildman–Crippen MR) is 55.7 cm³/mol. The van der Waals surface area contributed by atoms with E-state index in [-0.39, 0.29) is 12.7 Å². The fourth-order valence-corrected chi connectivity index (χ4v) is 1.73. The van der Waals surface area contributed by atoms with Crippen LogP contribution < -0.4 is 0 Å². The molecular weight excluding hydrogens is 204 g/mol. The van der Waals surface area contributed by atoms with Crippen molar-refractivity contribution >= 4 is 6.98 Å². The molecule has 0 bridgehead atoms. The summed E-state index contributed by atoms with van der Waals surface area (Å²) >= 11 is 0. The van der Waals surface area contributed by atoms with Crippen LogP contribution in [0, 0.1) is 0 Å². The standard InChI is InChI=1S/C10H17BF3O/c1-9(11(12,13)14)8-15-10-6-4-2-3-5-7-10/h10H,1-8H2/q-1. The highest BCUT2D eigenvalue weighted by molar-refractivity contribution is 6.66. The van der Waals surface area contributed by atoms with Crippen LogP contribution in [-0.4, -0.2) is 19.7 Å². The Morgan fingerprint density at radius 1 is 1.13 bits per heavy atom. The third-order valence-corrected chi connectivity index (χ3v) is 2.77. The summed E-state index contributed by atoms with van der Waals surface area (Å²) in [6.45, 7) is -2.27. The van der Waals surface area contributed by atoms with Crippen molar-refractivity contribution in [2.45, 2.75) is 44.6 Å². The summed E-state index contributed by atoms with van der Waals surface area (Å²) in [4.78, 5) is 0. The average Bonchev–Trinajstić information content (AvgIpc) is 2.40. The fourth-order valence-electron chi connectivity index (χ4n) is 1.73. The Labute approximate surface area is 88.7 Å². The molecule has 1 rings (SSSR count). The number of rotatable bonds is 4. The van der Waals surface area contributed by atoms with E-state index in [1.54, 1.807) is 0 Å². The van der Waals surface area contributed by atoms with Gasteiger partial charge in [-0.2, -0.15) is 0 Å². The van der Waals surface area contributed by atoms with Crippen LogP contribution in [0.15, 0.2) is 12.1 Å². The van der Waals surface area contributed by atoms with Crippen molar-refractivity contribution in [2.75, 3.05) is 6.61 Å². The third-order valence-electron chi connectivity index (χ3n) is 2.77. The topological polar surface area (TPSA) is 9.23 Å². The van der Waals surface area contributed by atoms with Crippen molar-refractivity contribution in [3.63, 3.8) is 0 Å². The zero-order chi connectivity index (χ0) is 11.3. The molecule has 0 heterocycles. The SMILES string of the molecule is C=C(COC1CCCCCC1)[B-](F)(F)F. The van der Waals surface area contributed by atoms with Crippen LogP contribution >= 0.6 is 0 Å². The van der Waals surface area contributed by atoms with Gasteiger partial charge in [-0.1, -0.05) is 25.7 Å². The molecule has 0 unspecified atom stereocenters. The van der Waals surface area contributed by atoms with Crippen molar-refractivity contribution < 1.29 is 17.7 Å². The first kappa shape index (κ1) is 12.6. The van der Waals surface area contributed by atoms with Crippen molar-refractivity contribution in [3.05, 3.63) is 12.1 Å². The number of hydrogen-bond acceptors (Lipinski definition) is 1. The summed E-state index contributed by atoms with van der Waals surface area (Å²) in [5, 5.41) is 0. The normalized spacial score (nSPS) is 19.9. The zero-order valence-electron chi connectivity index (χ0n) is 8.85. The van der Waals surface area contributed by atoms with Crippen LogP contribution in [-0.2, 0) is 4.74 Å². The maximum atomic E-state index is 12.2. The lowest BCUT2D eigenvalue weighted by Gasteiger charge is -2.21. The Kier molecular flexibility index (Phi) is 4.70. The molecule has 1 nitrogen and oxygen atoms in total. The van der Waals surface area contributed by atoms with Gasteiger partial charge in [-0.3, -0.25) is 0 Å². The zero-order valence-corrected chi connectivity index (χ0v) is 8.85. The van der Waals surface area contributed by atoms with Crippen LogP contribution in [0.25, 0.3) is 0 Å². The fraction of sp³-hybridized carbons (Fsp3) is 0.800. The molecule has 0 atom stereocenters. The molecule has 1 saturated carbocycles. The van der Waals surface area contributed by atoms with Crippen LogP contribution in [0.5, 0.6) is 0 Å². The Balaban J connectivity index is 2.26. The molecule has 0 aromatic heterocycles. The molecule has 0 amide bonds. The molecule has 1 aliphatic carbocycles. The molecule has 1 aliphatic rings. The van der Waals surface area contributed by atoms with E-state index in [4.69, 9.17) is 4.74 Å².